The van der Waals surface area contributed by atoms with Crippen LogP contribution in [-0.4, -0.2) is 43.2 Å². The van der Waals surface area contributed by atoms with Crippen LogP contribution in [-0.2, 0) is 11.3 Å². The Morgan fingerprint density at radius 2 is 1.79 bits per heavy atom. The predicted molar refractivity (Wildman–Crippen MR) is 79.7 cm³/mol. The molecule has 0 aromatic heterocycles. The van der Waals surface area contributed by atoms with Crippen molar-refractivity contribution >= 4 is 12.4 Å². The standard InChI is InChI=1S/C15H22N2O.ClH/c1-2-4-13(5-3-1)12-18-9-8-17-10-14-6-7-15(11-17)16-14;/h1-5,14-16H,6-12H2;1H. The number of piperazine rings is 1. The van der Waals surface area contributed by atoms with Gasteiger partial charge in [-0.05, 0) is 18.4 Å². The molecule has 0 aliphatic carbocycles. The molecular weight excluding hydrogens is 260 g/mol. The summed E-state index contributed by atoms with van der Waals surface area (Å²) in [6.07, 6.45) is 2.71. The van der Waals surface area contributed by atoms with Crippen LogP contribution < -0.4 is 5.32 Å². The van der Waals surface area contributed by atoms with E-state index in [1.807, 2.05) is 6.07 Å². The van der Waals surface area contributed by atoms with Crippen LogP contribution in [0.3, 0.4) is 0 Å². The molecule has 0 radical (unpaired) electrons. The Morgan fingerprint density at radius 3 is 2.47 bits per heavy atom. The third kappa shape index (κ3) is 4.18. The van der Waals surface area contributed by atoms with E-state index in [4.69, 9.17) is 4.74 Å². The van der Waals surface area contributed by atoms with E-state index in [9.17, 15) is 0 Å². The maximum atomic E-state index is 5.75. The van der Waals surface area contributed by atoms with Gasteiger partial charge in [0.2, 0.25) is 0 Å². The van der Waals surface area contributed by atoms with E-state index in [2.05, 4.69) is 34.5 Å². The number of nitrogens with zero attached hydrogens (tertiary/aromatic N) is 1. The lowest BCUT2D eigenvalue weighted by molar-refractivity contribution is 0.0811. The Morgan fingerprint density at radius 1 is 1.11 bits per heavy atom. The molecule has 2 unspecified atom stereocenters. The van der Waals surface area contributed by atoms with Crippen molar-refractivity contribution in [1.82, 2.24) is 10.2 Å². The van der Waals surface area contributed by atoms with Crippen LogP contribution in [0.15, 0.2) is 30.3 Å². The predicted octanol–water partition coefficient (Wildman–Crippen LogP) is 2.06. The SMILES string of the molecule is Cl.c1ccc(COCCN2CC3CCC(C2)N3)cc1. The summed E-state index contributed by atoms with van der Waals surface area (Å²) in [5, 5.41) is 3.65. The molecule has 106 valence electrons. The highest BCUT2D eigenvalue weighted by Gasteiger charge is 2.31. The van der Waals surface area contributed by atoms with Gasteiger partial charge in [-0.15, -0.1) is 12.4 Å². The molecule has 0 saturated carbocycles. The van der Waals surface area contributed by atoms with E-state index in [0.29, 0.717) is 0 Å². The second kappa shape index (κ2) is 7.25. The molecule has 2 bridgehead atoms. The molecule has 2 heterocycles. The number of hydrogen-bond donors (Lipinski definition) is 1. The largest absolute Gasteiger partial charge is 0.375 e. The molecule has 3 rings (SSSR count). The zero-order chi connectivity index (χ0) is 12.2. The topological polar surface area (TPSA) is 24.5 Å². The molecule has 2 saturated heterocycles. The normalized spacial score (nSPS) is 26.1. The van der Waals surface area contributed by atoms with Gasteiger partial charge in [-0.1, -0.05) is 30.3 Å². The van der Waals surface area contributed by atoms with Crippen LogP contribution in [0.2, 0.25) is 0 Å². The van der Waals surface area contributed by atoms with E-state index in [1.165, 1.54) is 31.5 Å². The van der Waals surface area contributed by atoms with Crippen LogP contribution in [0, 0.1) is 0 Å². The molecule has 0 amide bonds. The minimum absolute atomic E-state index is 0. The van der Waals surface area contributed by atoms with Gasteiger partial charge in [0.15, 0.2) is 0 Å². The first-order valence-corrected chi connectivity index (χ1v) is 7.00. The fourth-order valence-corrected chi connectivity index (χ4v) is 3.03. The lowest BCUT2D eigenvalue weighted by Crippen LogP contribution is -2.51. The second-order valence-corrected chi connectivity index (χ2v) is 5.44. The number of hydrogen-bond acceptors (Lipinski definition) is 3. The number of fused-ring (bicyclic) bond motifs is 2. The fraction of sp³-hybridized carbons (Fsp3) is 0.600. The van der Waals surface area contributed by atoms with E-state index in [-0.39, 0.29) is 12.4 Å². The number of likely N-dealkylation sites (tertiary alicyclic amines) is 1. The molecule has 0 spiro atoms. The molecule has 2 aliphatic heterocycles. The van der Waals surface area contributed by atoms with Gasteiger partial charge in [-0.25, -0.2) is 0 Å². The van der Waals surface area contributed by atoms with Crippen molar-refractivity contribution in [2.24, 2.45) is 0 Å². The first kappa shape index (κ1) is 14.8. The Bertz CT molecular complexity index is 362. The average Bonchev–Trinajstić information content (AvgIpc) is 2.75. The maximum absolute atomic E-state index is 5.75. The summed E-state index contributed by atoms with van der Waals surface area (Å²) in [7, 11) is 0. The maximum Gasteiger partial charge on any atom is 0.0717 e. The van der Waals surface area contributed by atoms with Gasteiger partial charge in [0, 0.05) is 31.7 Å². The Kier molecular flexibility index (Phi) is 5.64. The third-order valence-electron chi connectivity index (χ3n) is 3.96. The molecule has 1 aromatic rings. The number of benzene rings is 1. The minimum atomic E-state index is 0. The zero-order valence-corrected chi connectivity index (χ0v) is 12.1. The van der Waals surface area contributed by atoms with Gasteiger partial charge in [-0.2, -0.15) is 0 Å². The van der Waals surface area contributed by atoms with Crippen molar-refractivity contribution in [3.8, 4) is 0 Å². The number of nitrogens with one attached hydrogen (secondary N) is 1. The van der Waals surface area contributed by atoms with Gasteiger partial charge in [0.25, 0.3) is 0 Å². The second-order valence-electron chi connectivity index (χ2n) is 5.44. The van der Waals surface area contributed by atoms with E-state index < -0.39 is 0 Å². The summed E-state index contributed by atoms with van der Waals surface area (Å²) < 4.78 is 5.75. The van der Waals surface area contributed by atoms with Crippen LogP contribution >= 0.6 is 12.4 Å². The van der Waals surface area contributed by atoms with E-state index in [0.717, 1.165) is 31.8 Å². The molecule has 3 nitrogen and oxygen atoms in total. The first-order valence-electron chi connectivity index (χ1n) is 7.00. The quantitative estimate of drug-likeness (QED) is 0.837. The summed E-state index contributed by atoms with van der Waals surface area (Å²) in [5.74, 6) is 0. The average molecular weight is 283 g/mol. The van der Waals surface area contributed by atoms with Crippen molar-refractivity contribution in [2.45, 2.75) is 31.5 Å². The van der Waals surface area contributed by atoms with Crippen LogP contribution in [0.4, 0.5) is 0 Å². The van der Waals surface area contributed by atoms with Crippen molar-refractivity contribution in [3.63, 3.8) is 0 Å². The summed E-state index contributed by atoms with van der Waals surface area (Å²) >= 11 is 0. The number of ether oxygens (including phenoxy) is 1. The van der Waals surface area contributed by atoms with Crippen molar-refractivity contribution in [3.05, 3.63) is 35.9 Å². The van der Waals surface area contributed by atoms with Crippen LogP contribution in [0.5, 0.6) is 0 Å². The summed E-state index contributed by atoms with van der Waals surface area (Å²) in [4.78, 5) is 2.55. The molecule has 1 aromatic carbocycles. The van der Waals surface area contributed by atoms with Gasteiger partial charge in [-0.3, -0.25) is 4.90 Å². The molecular formula is C15H23ClN2O. The highest BCUT2D eigenvalue weighted by Crippen LogP contribution is 2.19. The molecule has 2 fully saturated rings. The fourth-order valence-electron chi connectivity index (χ4n) is 3.03. The monoisotopic (exact) mass is 282 g/mol. The van der Waals surface area contributed by atoms with Crippen LogP contribution in [0.25, 0.3) is 0 Å². The highest BCUT2D eigenvalue weighted by molar-refractivity contribution is 5.85. The summed E-state index contributed by atoms with van der Waals surface area (Å²) in [6.45, 7) is 5.05. The van der Waals surface area contributed by atoms with E-state index >= 15 is 0 Å². The highest BCUT2D eigenvalue weighted by atomic mass is 35.5. The Hall–Kier alpha value is -0.610. The Balaban J connectivity index is 0.00000133. The Labute approximate surface area is 121 Å². The first-order chi connectivity index (χ1) is 8.90. The number of rotatable bonds is 5. The summed E-state index contributed by atoms with van der Waals surface area (Å²) in [5.41, 5.74) is 1.26. The summed E-state index contributed by atoms with van der Waals surface area (Å²) in [6, 6.07) is 11.9. The van der Waals surface area contributed by atoms with Crippen molar-refractivity contribution in [1.29, 1.82) is 0 Å². The number of halogens is 1. The molecule has 2 atom stereocenters. The van der Waals surface area contributed by atoms with E-state index in [1.54, 1.807) is 0 Å². The van der Waals surface area contributed by atoms with Crippen molar-refractivity contribution in [2.75, 3.05) is 26.2 Å². The van der Waals surface area contributed by atoms with Gasteiger partial charge in [0.1, 0.15) is 0 Å². The molecule has 1 N–H and O–H groups in total. The van der Waals surface area contributed by atoms with Gasteiger partial charge >= 0.3 is 0 Å². The van der Waals surface area contributed by atoms with Gasteiger partial charge < -0.3 is 10.1 Å². The minimum Gasteiger partial charge on any atom is -0.375 e. The van der Waals surface area contributed by atoms with Crippen LogP contribution in [0.1, 0.15) is 18.4 Å². The van der Waals surface area contributed by atoms with Crippen molar-refractivity contribution < 1.29 is 4.74 Å². The lowest BCUT2D eigenvalue weighted by atomic mass is 10.2. The lowest BCUT2D eigenvalue weighted by Gasteiger charge is -2.32. The third-order valence-corrected chi connectivity index (χ3v) is 3.96. The molecule has 19 heavy (non-hydrogen) atoms. The smallest absolute Gasteiger partial charge is 0.0717 e. The zero-order valence-electron chi connectivity index (χ0n) is 11.3. The molecule has 4 heteroatoms. The van der Waals surface area contributed by atoms with Gasteiger partial charge in [0.05, 0.1) is 13.2 Å². The molecule has 2 aliphatic rings.